The van der Waals surface area contributed by atoms with Crippen molar-refractivity contribution >= 4 is 39.5 Å². The van der Waals surface area contributed by atoms with Crippen molar-refractivity contribution < 1.29 is 19.7 Å². The molecule has 1 aromatic heterocycles. The first-order valence-electron chi connectivity index (χ1n) is 8.27. The summed E-state index contributed by atoms with van der Waals surface area (Å²) < 4.78 is 7.08. The Morgan fingerprint density at radius 1 is 1.32 bits per heavy atom. The van der Waals surface area contributed by atoms with E-state index in [1.807, 2.05) is 0 Å². The van der Waals surface area contributed by atoms with Gasteiger partial charge in [-0.2, -0.15) is 4.57 Å². The standard InChI is InChI=1S/C18H16BrClN2O6/c19-6-5-11-8-21(15-7-13(24)14(9-23)28-15)18(27)22(17(11)26)16(25)10-1-3-12(20)4-2-10/h1-6,8,13-15,23-24H,7,9H2/b6-5+/t13-,14+,15+/m0/s1. The zero-order valence-electron chi connectivity index (χ0n) is 14.4. The minimum absolute atomic E-state index is 0.0237. The van der Waals surface area contributed by atoms with Crippen LogP contribution >= 0.6 is 27.5 Å². The second kappa shape index (κ2) is 8.54. The molecule has 2 aromatic rings. The minimum Gasteiger partial charge on any atom is -0.394 e. The molecule has 0 saturated carbocycles. The fourth-order valence-electron chi connectivity index (χ4n) is 2.93. The molecule has 10 heteroatoms. The van der Waals surface area contributed by atoms with Gasteiger partial charge in [0.05, 0.1) is 18.3 Å². The first kappa shape index (κ1) is 20.7. The number of carbonyl (C=O) groups excluding carboxylic acids is 1. The minimum atomic E-state index is -0.982. The first-order valence-corrected chi connectivity index (χ1v) is 9.56. The number of rotatable bonds is 4. The van der Waals surface area contributed by atoms with Crippen molar-refractivity contribution in [3.05, 3.63) is 72.4 Å². The Bertz CT molecular complexity index is 1030. The Hall–Kier alpha value is -2.04. The molecule has 0 radical (unpaired) electrons. The molecule has 3 rings (SSSR count). The van der Waals surface area contributed by atoms with Gasteiger partial charge in [-0.1, -0.05) is 27.5 Å². The van der Waals surface area contributed by atoms with Crippen LogP contribution in [0.2, 0.25) is 5.02 Å². The third-order valence-corrected chi connectivity index (χ3v) is 4.89. The SMILES string of the molecule is O=C(c1ccc(Cl)cc1)n1c(=O)c(/C=C/Br)cn([C@H]2C[C@H](O)[C@@H](CO)O2)c1=O. The fourth-order valence-corrected chi connectivity index (χ4v) is 3.34. The molecular formula is C18H16BrClN2O6. The zero-order chi connectivity index (χ0) is 20.4. The van der Waals surface area contributed by atoms with Crippen LogP contribution in [0.25, 0.3) is 6.08 Å². The molecule has 3 atom stereocenters. The lowest BCUT2D eigenvalue weighted by Gasteiger charge is -2.17. The lowest BCUT2D eigenvalue weighted by molar-refractivity contribution is -0.0462. The van der Waals surface area contributed by atoms with Crippen LogP contribution < -0.4 is 11.2 Å². The highest BCUT2D eigenvalue weighted by Crippen LogP contribution is 2.27. The average molecular weight is 472 g/mol. The second-order valence-electron chi connectivity index (χ2n) is 6.13. The lowest BCUT2D eigenvalue weighted by atomic mass is 10.2. The van der Waals surface area contributed by atoms with Crippen molar-refractivity contribution in [2.75, 3.05) is 6.61 Å². The maximum absolute atomic E-state index is 12.9. The molecule has 0 spiro atoms. The number of hydrogen-bond acceptors (Lipinski definition) is 6. The number of aromatic nitrogens is 2. The molecule has 1 aliphatic heterocycles. The molecule has 148 valence electrons. The van der Waals surface area contributed by atoms with Crippen LogP contribution in [0.3, 0.4) is 0 Å². The van der Waals surface area contributed by atoms with Gasteiger partial charge in [0.2, 0.25) is 0 Å². The van der Waals surface area contributed by atoms with Gasteiger partial charge in [0.25, 0.3) is 11.5 Å². The molecular weight excluding hydrogens is 456 g/mol. The molecule has 0 bridgehead atoms. The number of aliphatic hydroxyl groups is 2. The van der Waals surface area contributed by atoms with Gasteiger partial charge in [-0.05, 0) is 35.3 Å². The van der Waals surface area contributed by atoms with E-state index in [-0.39, 0.29) is 17.5 Å². The highest BCUT2D eigenvalue weighted by molar-refractivity contribution is 9.11. The molecule has 28 heavy (non-hydrogen) atoms. The monoisotopic (exact) mass is 470 g/mol. The number of halogens is 2. The van der Waals surface area contributed by atoms with Crippen LogP contribution in [0.15, 0.2) is 45.0 Å². The molecule has 0 aliphatic carbocycles. The third kappa shape index (κ3) is 3.89. The van der Waals surface area contributed by atoms with Crippen LogP contribution in [0.5, 0.6) is 0 Å². The summed E-state index contributed by atoms with van der Waals surface area (Å²) in [6, 6.07) is 5.77. The number of ether oxygens (including phenoxy) is 1. The number of carbonyl (C=O) groups is 1. The summed E-state index contributed by atoms with van der Waals surface area (Å²) >= 11 is 8.89. The summed E-state index contributed by atoms with van der Waals surface area (Å²) in [5, 5.41) is 19.6. The van der Waals surface area contributed by atoms with Gasteiger partial charge in [-0.3, -0.25) is 14.2 Å². The van der Waals surface area contributed by atoms with Crippen molar-refractivity contribution in [1.29, 1.82) is 0 Å². The van der Waals surface area contributed by atoms with Gasteiger partial charge in [0.15, 0.2) is 0 Å². The van der Waals surface area contributed by atoms with E-state index in [1.165, 1.54) is 41.5 Å². The maximum Gasteiger partial charge on any atom is 0.340 e. The van der Waals surface area contributed by atoms with Crippen LogP contribution in [0, 0.1) is 0 Å². The number of hydrogen-bond donors (Lipinski definition) is 2. The average Bonchev–Trinajstić information content (AvgIpc) is 3.05. The quantitative estimate of drug-likeness (QED) is 0.697. The van der Waals surface area contributed by atoms with Crippen molar-refractivity contribution in [2.24, 2.45) is 0 Å². The van der Waals surface area contributed by atoms with Gasteiger partial charge in [0.1, 0.15) is 12.3 Å². The Labute approximate surface area is 172 Å². The number of benzene rings is 1. The predicted molar refractivity (Wildman–Crippen MR) is 106 cm³/mol. The second-order valence-corrected chi connectivity index (χ2v) is 7.10. The Morgan fingerprint density at radius 2 is 2.00 bits per heavy atom. The highest BCUT2D eigenvalue weighted by atomic mass is 79.9. The molecule has 0 amide bonds. The maximum atomic E-state index is 12.9. The van der Waals surface area contributed by atoms with Crippen molar-refractivity contribution in [1.82, 2.24) is 9.13 Å². The zero-order valence-corrected chi connectivity index (χ0v) is 16.7. The van der Waals surface area contributed by atoms with Crippen molar-refractivity contribution in [2.45, 2.75) is 24.9 Å². The fraction of sp³-hybridized carbons (Fsp3) is 0.278. The van der Waals surface area contributed by atoms with Gasteiger partial charge in [0, 0.05) is 23.2 Å². The molecule has 2 heterocycles. The topological polar surface area (TPSA) is 111 Å². The Kier molecular flexibility index (Phi) is 6.31. The van der Waals surface area contributed by atoms with Gasteiger partial charge in [-0.15, -0.1) is 0 Å². The van der Waals surface area contributed by atoms with E-state index in [4.69, 9.17) is 16.3 Å². The third-order valence-electron chi connectivity index (χ3n) is 4.37. The van der Waals surface area contributed by atoms with E-state index in [1.54, 1.807) is 0 Å². The summed E-state index contributed by atoms with van der Waals surface area (Å²) in [7, 11) is 0. The largest absolute Gasteiger partial charge is 0.394 e. The highest BCUT2D eigenvalue weighted by Gasteiger charge is 2.36. The molecule has 1 aromatic carbocycles. The molecule has 1 aliphatic rings. The van der Waals surface area contributed by atoms with Crippen LogP contribution in [0.1, 0.15) is 28.6 Å². The lowest BCUT2D eigenvalue weighted by Crippen LogP contribution is -2.45. The van der Waals surface area contributed by atoms with E-state index in [9.17, 15) is 24.6 Å². The summed E-state index contributed by atoms with van der Waals surface area (Å²) in [5.74, 6) is -0.817. The van der Waals surface area contributed by atoms with E-state index < -0.39 is 42.2 Å². The van der Waals surface area contributed by atoms with Gasteiger partial charge in [-0.25, -0.2) is 4.79 Å². The molecule has 1 saturated heterocycles. The Balaban J connectivity index is 2.15. The first-order chi connectivity index (χ1) is 13.4. The van der Waals surface area contributed by atoms with Crippen LogP contribution in [-0.4, -0.2) is 44.1 Å². The summed E-state index contributed by atoms with van der Waals surface area (Å²) in [6.45, 7) is -0.427. The Morgan fingerprint density at radius 3 is 2.57 bits per heavy atom. The van der Waals surface area contributed by atoms with E-state index in [2.05, 4.69) is 15.9 Å². The van der Waals surface area contributed by atoms with E-state index >= 15 is 0 Å². The van der Waals surface area contributed by atoms with Crippen LogP contribution in [0.4, 0.5) is 0 Å². The molecule has 8 nitrogen and oxygen atoms in total. The normalized spacial score (nSPS) is 22.1. The smallest absolute Gasteiger partial charge is 0.340 e. The van der Waals surface area contributed by atoms with Gasteiger partial charge >= 0.3 is 5.69 Å². The van der Waals surface area contributed by atoms with E-state index in [0.29, 0.717) is 9.59 Å². The molecule has 0 unspecified atom stereocenters. The number of nitrogens with zero attached hydrogens (tertiary/aromatic N) is 2. The summed E-state index contributed by atoms with van der Waals surface area (Å²) in [5.41, 5.74) is -1.54. The van der Waals surface area contributed by atoms with Crippen LogP contribution in [-0.2, 0) is 4.74 Å². The van der Waals surface area contributed by atoms with Crippen molar-refractivity contribution in [3.63, 3.8) is 0 Å². The molecule has 2 N–H and O–H groups in total. The van der Waals surface area contributed by atoms with Crippen molar-refractivity contribution in [3.8, 4) is 0 Å². The van der Waals surface area contributed by atoms with Gasteiger partial charge < -0.3 is 14.9 Å². The number of aliphatic hydroxyl groups excluding tert-OH is 2. The molecule has 1 fully saturated rings. The summed E-state index contributed by atoms with van der Waals surface area (Å²) in [4.78, 5) is 39.9. The summed E-state index contributed by atoms with van der Waals surface area (Å²) in [6.07, 6.45) is -0.115. The van der Waals surface area contributed by atoms with E-state index in [0.717, 1.165) is 4.57 Å². The predicted octanol–water partition coefficient (Wildman–Crippen LogP) is 1.36.